The van der Waals surface area contributed by atoms with E-state index in [0.29, 0.717) is 47.6 Å². The van der Waals surface area contributed by atoms with Gasteiger partial charge in [-0.3, -0.25) is 4.79 Å². The monoisotopic (exact) mass is 555 g/mol. The lowest BCUT2D eigenvalue weighted by Gasteiger charge is -2.37. The van der Waals surface area contributed by atoms with E-state index in [1.54, 1.807) is 19.1 Å². The first-order valence-electron chi connectivity index (χ1n) is 12.2. The fraction of sp³-hybridized carbons (Fsp3) is 0.500. The van der Waals surface area contributed by atoms with Crippen LogP contribution in [0.3, 0.4) is 0 Å². The molecule has 4 heterocycles. The van der Waals surface area contributed by atoms with E-state index in [1.807, 2.05) is 9.80 Å². The summed E-state index contributed by atoms with van der Waals surface area (Å²) >= 11 is 12.3. The number of fused-ring (bicyclic) bond motifs is 1. The van der Waals surface area contributed by atoms with E-state index in [9.17, 15) is 18.0 Å². The Bertz CT molecular complexity index is 1300. The van der Waals surface area contributed by atoms with Gasteiger partial charge in [-0.05, 0) is 44.0 Å². The lowest BCUT2D eigenvalue weighted by molar-refractivity contribution is -0.140. The van der Waals surface area contributed by atoms with Crippen molar-refractivity contribution in [3.63, 3.8) is 0 Å². The Morgan fingerprint density at radius 3 is 2.57 bits per heavy atom. The van der Waals surface area contributed by atoms with Gasteiger partial charge in [0.25, 0.3) is 0 Å². The molecule has 0 bridgehead atoms. The van der Waals surface area contributed by atoms with Crippen LogP contribution in [-0.2, 0) is 11.0 Å². The minimum atomic E-state index is -4.71. The highest BCUT2D eigenvalue weighted by molar-refractivity contribution is 6.35. The van der Waals surface area contributed by atoms with Crippen molar-refractivity contribution >= 4 is 46.1 Å². The van der Waals surface area contributed by atoms with Crippen molar-refractivity contribution in [1.82, 2.24) is 30.0 Å². The highest BCUT2D eigenvalue weighted by atomic mass is 35.5. The molecule has 2 fully saturated rings. The number of carbonyl (C=O) groups is 1. The van der Waals surface area contributed by atoms with Crippen LogP contribution in [0.5, 0.6) is 0 Å². The number of amides is 1. The van der Waals surface area contributed by atoms with Crippen molar-refractivity contribution in [2.75, 3.05) is 37.6 Å². The Kier molecular flexibility index (Phi) is 7.21. The molecule has 1 amide bonds. The molecule has 2 aliphatic rings. The normalized spacial score (nSPS) is 19.9. The minimum Gasteiger partial charge on any atom is -0.352 e. The Balaban J connectivity index is 1.43. The Morgan fingerprint density at radius 2 is 1.92 bits per heavy atom. The number of nitrogens with zero attached hydrogens (tertiary/aromatic N) is 6. The molecule has 5 rings (SSSR count). The predicted octanol–water partition coefficient (Wildman–Crippen LogP) is 4.55. The summed E-state index contributed by atoms with van der Waals surface area (Å²) in [5.74, 6) is 0.530. The molecule has 198 valence electrons. The zero-order valence-corrected chi connectivity index (χ0v) is 21.6. The maximum atomic E-state index is 13.8. The van der Waals surface area contributed by atoms with Gasteiger partial charge in [0.2, 0.25) is 5.91 Å². The van der Waals surface area contributed by atoms with Crippen LogP contribution in [0.1, 0.15) is 43.5 Å². The Labute approximate surface area is 221 Å². The maximum absolute atomic E-state index is 13.8. The molecule has 2 unspecified atom stereocenters. The third kappa shape index (κ3) is 5.21. The number of alkyl halides is 3. The summed E-state index contributed by atoms with van der Waals surface area (Å²) in [6, 6.07) is 4.01. The number of nitrogens with one attached hydrogen (secondary N) is 1. The number of anilines is 1. The standard InChI is InChI=1S/C24H26Cl2F3N7O/c1-14(16-6-5-15(25)12-17(16)26)36-22-20(21(33-36)24(27,28)29)31-13-19(32-22)34-8-10-35(11-9-34)23(37)18-4-2-3-7-30-18/h5-6,12-14,18,30H,2-4,7-11H2,1H3. The molecule has 0 aliphatic carbocycles. The highest BCUT2D eigenvalue weighted by Gasteiger charge is 2.39. The number of hydrogen-bond donors (Lipinski definition) is 1. The van der Waals surface area contributed by atoms with Crippen LogP contribution < -0.4 is 10.2 Å². The lowest BCUT2D eigenvalue weighted by Crippen LogP contribution is -2.55. The number of halogens is 5. The summed E-state index contributed by atoms with van der Waals surface area (Å²) in [4.78, 5) is 25.3. The zero-order chi connectivity index (χ0) is 26.3. The molecule has 0 radical (unpaired) electrons. The minimum absolute atomic E-state index is 0.00764. The number of aromatic nitrogens is 4. The summed E-state index contributed by atoms with van der Waals surface area (Å²) in [7, 11) is 0. The van der Waals surface area contributed by atoms with Gasteiger partial charge in [-0.2, -0.15) is 18.3 Å². The van der Waals surface area contributed by atoms with Gasteiger partial charge in [-0.1, -0.05) is 35.7 Å². The van der Waals surface area contributed by atoms with Crippen molar-refractivity contribution in [2.45, 2.75) is 44.4 Å². The maximum Gasteiger partial charge on any atom is 0.437 e. The average molecular weight is 556 g/mol. The molecule has 8 nitrogen and oxygen atoms in total. The number of hydrogen-bond acceptors (Lipinski definition) is 6. The summed E-state index contributed by atoms with van der Waals surface area (Å²) < 4.78 is 42.7. The SMILES string of the molecule is CC(c1ccc(Cl)cc1Cl)n1nc(C(F)(F)F)c2ncc(N3CCN(C(=O)C4CCCCN4)CC3)nc21. The largest absolute Gasteiger partial charge is 0.437 e. The number of benzene rings is 1. The van der Waals surface area contributed by atoms with Gasteiger partial charge in [0.05, 0.1) is 18.3 Å². The van der Waals surface area contributed by atoms with Crippen LogP contribution in [0.2, 0.25) is 10.0 Å². The van der Waals surface area contributed by atoms with E-state index >= 15 is 0 Å². The van der Waals surface area contributed by atoms with Gasteiger partial charge in [0, 0.05) is 36.2 Å². The second kappa shape index (κ2) is 10.3. The van der Waals surface area contributed by atoms with Crippen LogP contribution in [0.25, 0.3) is 11.2 Å². The van der Waals surface area contributed by atoms with E-state index in [1.165, 1.54) is 16.9 Å². The second-order valence-corrected chi connectivity index (χ2v) is 10.2. The van der Waals surface area contributed by atoms with E-state index < -0.39 is 17.9 Å². The highest BCUT2D eigenvalue weighted by Crippen LogP contribution is 2.36. The number of rotatable bonds is 4. The molecule has 3 aromatic rings. The van der Waals surface area contributed by atoms with Crippen LogP contribution in [0.15, 0.2) is 24.4 Å². The lowest BCUT2D eigenvalue weighted by atomic mass is 10.0. The van der Waals surface area contributed by atoms with Gasteiger partial charge in [-0.15, -0.1) is 0 Å². The molecule has 2 aliphatic heterocycles. The molecular formula is C24H26Cl2F3N7O. The summed E-state index contributed by atoms with van der Waals surface area (Å²) in [6.45, 7) is 4.54. The van der Waals surface area contributed by atoms with Crippen molar-refractivity contribution in [3.8, 4) is 0 Å². The topological polar surface area (TPSA) is 79.2 Å². The van der Waals surface area contributed by atoms with Crippen LogP contribution >= 0.6 is 23.2 Å². The van der Waals surface area contributed by atoms with E-state index in [4.69, 9.17) is 23.2 Å². The van der Waals surface area contributed by atoms with Gasteiger partial charge in [0.1, 0.15) is 11.3 Å². The molecule has 1 N–H and O–H groups in total. The van der Waals surface area contributed by atoms with E-state index in [2.05, 4.69) is 20.4 Å². The molecule has 0 saturated carbocycles. The summed E-state index contributed by atoms with van der Waals surface area (Å²) in [6.07, 6.45) is -0.422. The summed E-state index contributed by atoms with van der Waals surface area (Å²) in [5, 5.41) is 7.89. The van der Waals surface area contributed by atoms with Crippen molar-refractivity contribution in [3.05, 3.63) is 45.7 Å². The molecular weight excluding hydrogens is 530 g/mol. The van der Waals surface area contributed by atoms with Crippen molar-refractivity contribution in [2.24, 2.45) is 0 Å². The van der Waals surface area contributed by atoms with E-state index in [0.717, 1.165) is 25.8 Å². The molecule has 2 saturated heterocycles. The Morgan fingerprint density at radius 1 is 1.16 bits per heavy atom. The van der Waals surface area contributed by atoms with Gasteiger partial charge in [0.15, 0.2) is 11.3 Å². The molecule has 1 aromatic carbocycles. The third-order valence-electron chi connectivity index (χ3n) is 6.96. The van der Waals surface area contributed by atoms with Crippen LogP contribution in [0, 0.1) is 0 Å². The van der Waals surface area contributed by atoms with E-state index in [-0.39, 0.29) is 23.1 Å². The first-order valence-corrected chi connectivity index (χ1v) is 12.9. The van der Waals surface area contributed by atoms with Gasteiger partial charge >= 0.3 is 6.18 Å². The average Bonchev–Trinajstić information content (AvgIpc) is 3.28. The molecule has 2 atom stereocenters. The van der Waals surface area contributed by atoms with Crippen molar-refractivity contribution < 1.29 is 18.0 Å². The molecule has 37 heavy (non-hydrogen) atoms. The third-order valence-corrected chi connectivity index (χ3v) is 7.52. The van der Waals surface area contributed by atoms with Crippen LogP contribution in [0.4, 0.5) is 19.0 Å². The smallest absolute Gasteiger partial charge is 0.352 e. The molecule has 13 heteroatoms. The summed E-state index contributed by atoms with van der Waals surface area (Å²) in [5.41, 5.74) is -0.868. The number of piperidine rings is 1. The second-order valence-electron chi connectivity index (χ2n) is 9.35. The number of piperazine rings is 1. The first-order chi connectivity index (χ1) is 17.6. The predicted molar refractivity (Wildman–Crippen MR) is 135 cm³/mol. The first kappa shape index (κ1) is 26.0. The van der Waals surface area contributed by atoms with Crippen LogP contribution in [-0.4, -0.2) is 69.3 Å². The van der Waals surface area contributed by atoms with Gasteiger partial charge in [-0.25, -0.2) is 14.6 Å². The fourth-order valence-electron chi connectivity index (χ4n) is 4.92. The Hall–Kier alpha value is -2.63. The number of carbonyl (C=O) groups excluding carboxylic acids is 1. The van der Waals surface area contributed by atoms with Crippen molar-refractivity contribution in [1.29, 1.82) is 0 Å². The zero-order valence-electron chi connectivity index (χ0n) is 20.1. The fourth-order valence-corrected chi connectivity index (χ4v) is 5.49. The molecule has 2 aromatic heterocycles. The molecule has 0 spiro atoms. The van der Waals surface area contributed by atoms with Gasteiger partial charge < -0.3 is 15.1 Å². The quantitative estimate of drug-likeness (QED) is 0.508.